The van der Waals surface area contributed by atoms with Gasteiger partial charge >= 0.3 is 0 Å². The van der Waals surface area contributed by atoms with Crippen LogP contribution in [0.3, 0.4) is 0 Å². The van der Waals surface area contributed by atoms with Crippen LogP contribution >= 0.6 is 0 Å². The largest absolute Gasteiger partial charge is 1.00 e. The van der Waals surface area contributed by atoms with Crippen LogP contribution in [0.5, 0.6) is 0 Å². The Morgan fingerprint density at radius 3 is 2.50 bits per heavy atom. The van der Waals surface area contributed by atoms with Gasteiger partial charge in [0.05, 0.1) is 13.6 Å². The predicted molar refractivity (Wildman–Crippen MR) is 54.3 cm³/mol. The number of aromatic nitrogens is 2. The van der Waals surface area contributed by atoms with Crippen molar-refractivity contribution in [1.82, 2.24) is 4.57 Å². The summed E-state index contributed by atoms with van der Waals surface area (Å²) in [5.74, 6) is 0.845. The number of nitrogens with zero attached hydrogens (tertiary/aromatic N) is 2. The Labute approximate surface area is 97.7 Å². The molecule has 1 atom stereocenters. The summed E-state index contributed by atoms with van der Waals surface area (Å²) in [7, 11) is 2.07. The SMILES string of the molecule is CCCC(CC)Cn1cc[n+](C)c1.[Br-]. The van der Waals surface area contributed by atoms with Crippen LogP contribution in [0.1, 0.15) is 33.1 Å². The van der Waals surface area contributed by atoms with Gasteiger partial charge in [0.1, 0.15) is 12.4 Å². The first-order valence-corrected chi connectivity index (χ1v) is 5.27. The first-order chi connectivity index (χ1) is 6.26. The van der Waals surface area contributed by atoms with Gasteiger partial charge in [-0.1, -0.05) is 20.3 Å². The zero-order valence-electron chi connectivity index (χ0n) is 9.41. The Morgan fingerprint density at radius 1 is 1.36 bits per heavy atom. The third kappa shape index (κ3) is 4.27. The molecule has 2 nitrogen and oxygen atoms in total. The molecular weight excluding hydrogens is 240 g/mol. The average molecular weight is 261 g/mol. The fourth-order valence-corrected chi connectivity index (χ4v) is 1.74. The van der Waals surface area contributed by atoms with Crippen molar-refractivity contribution in [2.75, 3.05) is 0 Å². The van der Waals surface area contributed by atoms with Crippen molar-refractivity contribution >= 4 is 0 Å². The van der Waals surface area contributed by atoms with Gasteiger partial charge in [-0.3, -0.25) is 0 Å². The third-order valence-electron chi connectivity index (χ3n) is 2.57. The van der Waals surface area contributed by atoms with E-state index in [9.17, 15) is 0 Å². The van der Waals surface area contributed by atoms with Crippen LogP contribution in [0.25, 0.3) is 0 Å². The second-order valence-electron chi connectivity index (χ2n) is 3.84. The number of aryl methyl sites for hydroxylation is 1. The van der Waals surface area contributed by atoms with E-state index in [1.165, 1.54) is 25.8 Å². The second kappa shape index (κ2) is 7.04. The monoisotopic (exact) mass is 260 g/mol. The van der Waals surface area contributed by atoms with Gasteiger partial charge in [-0.25, -0.2) is 9.13 Å². The lowest BCUT2D eigenvalue weighted by atomic mass is 10.0. The van der Waals surface area contributed by atoms with Gasteiger partial charge in [0.15, 0.2) is 0 Å². The Hall–Kier alpha value is -0.310. The quantitative estimate of drug-likeness (QED) is 0.610. The fraction of sp³-hybridized carbons (Fsp3) is 0.727. The van der Waals surface area contributed by atoms with E-state index >= 15 is 0 Å². The lowest BCUT2D eigenvalue weighted by Gasteiger charge is -2.10. The number of hydrogen-bond donors (Lipinski definition) is 0. The molecule has 0 radical (unpaired) electrons. The smallest absolute Gasteiger partial charge is 0.243 e. The minimum absolute atomic E-state index is 0. The van der Waals surface area contributed by atoms with E-state index in [1.807, 2.05) is 0 Å². The highest BCUT2D eigenvalue weighted by molar-refractivity contribution is 4.68. The lowest BCUT2D eigenvalue weighted by Crippen LogP contribution is -3.00. The maximum atomic E-state index is 2.28. The molecule has 0 aliphatic carbocycles. The van der Waals surface area contributed by atoms with Crippen LogP contribution in [0.2, 0.25) is 0 Å². The van der Waals surface area contributed by atoms with Crippen LogP contribution in [-0.2, 0) is 13.6 Å². The van der Waals surface area contributed by atoms with E-state index in [1.54, 1.807) is 0 Å². The Balaban J connectivity index is 0.00000169. The van der Waals surface area contributed by atoms with Crippen molar-refractivity contribution in [1.29, 1.82) is 0 Å². The highest BCUT2D eigenvalue weighted by Crippen LogP contribution is 2.12. The summed E-state index contributed by atoms with van der Waals surface area (Å²) in [6, 6.07) is 0. The van der Waals surface area contributed by atoms with Gasteiger partial charge in [0, 0.05) is 0 Å². The molecule has 1 unspecified atom stereocenters. The zero-order chi connectivity index (χ0) is 9.68. The van der Waals surface area contributed by atoms with E-state index in [0.29, 0.717) is 0 Å². The number of imidazole rings is 1. The van der Waals surface area contributed by atoms with Crippen molar-refractivity contribution in [3.63, 3.8) is 0 Å². The van der Waals surface area contributed by atoms with Crippen LogP contribution < -0.4 is 21.5 Å². The summed E-state index contributed by atoms with van der Waals surface area (Å²) in [6.45, 7) is 5.72. The second-order valence-corrected chi connectivity index (χ2v) is 3.84. The molecular formula is C11H21BrN2. The normalized spacial score (nSPS) is 12.2. The molecule has 14 heavy (non-hydrogen) atoms. The maximum absolute atomic E-state index is 2.28. The fourth-order valence-electron chi connectivity index (χ4n) is 1.74. The van der Waals surface area contributed by atoms with Gasteiger partial charge in [-0.05, 0) is 18.8 Å². The molecule has 0 saturated heterocycles. The van der Waals surface area contributed by atoms with E-state index in [0.717, 1.165) is 5.92 Å². The van der Waals surface area contributed by atoms with Crippen LogP contribution in [0.4, 0.5) is 0 Å². The minimum atomic E-state index is 0. The van der Waals surface area contributed by atoms with Gasteiger partial charge in [-0.2, -0.15) is 0 Å². The molecule has 1 rings (SSSR count). The molecule has 0 N–H and O–H groups in total. The van der Waals surface area contributed by atoms with Gasteiger partial charge < -0.3 is 17.0 Å². The Bertz CT molecular complexity index is 245. The molecule has 0 fully saturated rings. The molecule has 0 aromatic carbocycles. The molecule has 0 bridgehead atoms. The maximum Gasteiger partial charge on any atom is 0.243 e. The standard InChI is InChI=1S/C11H21N2.BrH/c1-4-6-11(5-2)9-13-8-7-12(3)10-13;/h7-8,10-11H,4-6,9H2,1-3H3;1H/q+1;/p-1. The Kier molecular flexibility index (Phi) is 6.89. The summed E-state index contributed by atoms with van der Waals surface area (Å²) >= 11 is 0. The predicted octanol–water partition coefficient (Wildman–Crippen LogP) is -0.857. The molecule has 82 valence electrons. The van der Waals surface area contributed by atoms with Crippen molar-refractivity contribution < 1.29 is 21.5 Å². The molecule has 1 aromatic rings. The molecule has 0 aliphatic heterocycles. The van der Waals surface area contributed by atoms with E-state index in [2.05, 4.69) is 48.8 Å². The van der Waals surface area contributed by atoms with Gasteiger partial charge in [-0.15, -0.1) is 0 Å². The molecule has 0 saturated carbocycles. The van der Waals surface area contributed by atoms with E-state index < -0.39 is 0 Å². The molecule has 1 heterocycles. The first-order valence-electron chi connectivity index (χ1n) is 5.27. The summed E-state index contributed by atoms with van der Waals surface area (Å²) < 4.78 is 4.38. The third-order valence-corrected chi connectivity index (χ3v) is 2.57. The molecule has 0 spiro atoms. The lowest BCUT2D eigenvalue weighted by molar-refractivity contribution is -0.671. The molecule has 0 amide bonds. The minimum Gasteiger partial charge on any atom is -1.00 e. The summed E-state index contributed by atoms with van der Waals surface area (Å²) in [4.78, 5) is 0. The number of halogens is 1. The molecule has 1 aromatic heterocycles. The number of rotatable bonds is 5. The first kappa shape index (κ1) is 13.7. The van der Waals surface area contributed by atoms with Crippen molar-refractivity contribution in [3.8, 4) is 0 Å². The number of hydrogen-bond acceptors (Lipinski definition) is 0. The summed E-state index contributed by atoms with van der Waals surface area (Å²) in [5, 5.41) is 0. The van der Waals surface area contributed by atoms with Crippen molar-refractivity contribution in [3.05, 3.63) is 18.7 Å². The highest BCUT2D eigenvalue weighted by Gasteiger charge is 2.09. The van der Waals surface area contributed by atoms with Crippen molar-refractivity contribution in [2.45, 2.75) is 39.7 Å². The summed E-state index contributed by atoms with van der Waals surface area (Å²) in [5.41, 5.74) is 0. The van der Waals surface area contributed by atoms with Crippen LogP contribution in [0, 0.1) is 5.92 Å². The van der Waals surface area contributed by atoms with Gasteiger partial charge in [0.2, 0.25) is 6.33 Å². The van der Waals surface area contributed by atoms with Crippen LogP contribution in [0.15, 0.2) is 18.7 Å². The van der Waals surface area contributed by atoms with E-state index in [-0.39, 0.29) is 17.0 Å². The van der Waals surface area contributed by atoms with E-state index in [4.69, 9.17) is 0 Å². The van der Waals surface area contributed by atoms with Crippen LogP contribution in [-0.4, -0.2) is 4.57 Å². The average Bonchev–Trinajstić information content (AvgIpc) is 2.50. The molecule has 3 heteroatoms. The van der Waals surface area contributed by atoms with Gasteiger partial charge in [0.25, 0.3) is 0 Å². The topological polar surface area (TPSA) is 8.81 Å². The van der Waals surface area contributed by atoms with Crippen molar-refractivity contribution in [2.24, 2.45) is 13.0 Å². The summed E-state index contributed by atoms with van der Waals surface area (Å²) in [6.07, 6.45) is 10.3. The zero-order valence-corrected chi connectivity index (χ0v) is 11.0. The Morgan fingerprint density at radius 2 is 2.07 bits per heavy atom. The highest BCUT2D eigenvalue weighted by atomic mass is 79.9. The molecule has 0 aliphatic rings.